The van der Waals surface area contributed by atoms with Crippen molar-refractivity contribution in [3.63, 3.8) is 0 Å². The number of carbonyl (C=O) groups excluding carboxylic acids is 4. The number of ether oxygens (including phenoxy) is 3. The molecule has 1 heterocycles. The minimum Gasteiger partial charge on any atom is -0.463 e. The Morgan fingerprint density at radius 3 is 2.52 bits per heavy atom. The van der Waals surface area contributed by atoms with Crippen LogP contribution in [0.1, 0.15) is 40.5 Å². The predicted octanol–water partition coefficient (Wildman–Crippen LogP) is 1.16. The highest BCUT2D eigenvalue weighted by Crippen LogP contribution is 2.18. The molecule has 1 rings (SSSR count). The lowest BCUT2D eigenvalue weighted by Crippen LogP contribution is -2.46. The Bertz CT molecular complexity index is 581. The molecule has 152 valence electrons. The van der Waals surface area contributed by atoms with E-state index < -0.39 is 29.7 Å². The lowest BCUT2D eigenvalue weighted by atomic mass is 10.2. The van der Waals surface area contributed by atoms with E-state index in [1.807, 2.05) is 0 Å². The molecule has 9 heteroatoms. The van der Waals surface area contributed by atoms with E-state index in [0.29, 0.717) is 19.4 Å². The minimum absolute atomic E-state index is 0.0909. The summed E-state index contributed by atoms with van der Waals surface area (Å²) in [5.41, 5.74) is -0.663. The van der Waals surface area contributed by atoms with Gasteiger partial charge in [-0.1, -0.05) is 0 Å². The Kier molecular flexibility index (Phi) is 8.77. The highest BCUT2D eigenvalue weighted by molar-refractivity contribution is 5.88. The zero-order valence-corrected chi connectivity index (χ0v) is 16.3. The van der Waals surface area contributed by atoms with Crippen LogP contribution in [0.15, 0.2) is 12.2 Å². The van der Waals surface area contributed by atoms with Crippen molar-refractivity contribution in [1.82, 2.24) is 10.2 Å². The predicted molar refractivity (Wildman–Crippen MR) is 95.7 cm³/mol. The van der Waals surface area contributed by atoms with Gasteiger partial charge in [0.1, 0.15) is 24.8 Å². The molecule has 0 aromatic heterocycles. The average Bonchev–Trinajstić information content (AvgIpc) is 3.05. The summed E-state index contributed by atoms with van der Waals surface area (Å²) in [5.74, 6) is -1.45. The summed E-state index contributed by atoms with van der Waals surface area (Å²) >= 11 is 0. The normalized spacial score (nSPS) is 16.9. The zero-order valence-electron chi connectivity index (χ0n) is 16.3. The van der Waals surface area contributed by atoms with Gasteiger partial charge in [-0.05, 0) is 46.6 Å². The lowest BCUT2D eigenvalue weighted by Gasteiger charge is -2.24. The molecule has 1 atom stereocenters. The Balaban J connectivity index is 2.45. The number of nitrogens with one attached hydrogen (secondary N) is 1. The van der Waals surface area contributed by atoms with E-state index in [-0.39, 0.29) is 25.7 Å². The Hall–Kier alpha value is -2.58. The number of esters is 2. The van der Waals surface area contributed by atoms with Gasteiger partial charge in [0.2, 0.25) is 5.91 Å². The van der Waals surface area contributed by atoms with Crippen molar-refractivity contribution in [3.8, 4) is 0 Å². The van der Waals surface area contributed by atoms with Crippen molar-refractivity contribution in [2.75, 3.05) is 26.3 Å². The lowest BCUT2D eigenvalue weighted by molar-refractivity contribution is -0.152. The van der Waals surface area contributed by atoms with Gasteiger partial charge in [0.05, 0.1) is 6.61 Å². The van der Waals surface area contributed by atoms with E-state index in [9.17, 15) is 19.2 Å². The number of likely N-dealkylation sites (tertiary alicyclic amines) is 1. The molecule has 0 saturated carbocycles. The zero-order chi connectivity index (χ0) is 20.4. The van der Waals surface area contributed by atoms with Crippen LogP contribution in [0, 0.1) is 0 Å². The topological polar surface area (TPSA) is 111 Å². The Morgan fingerprint density at radius 2 is 1.89 bits per heavy atom. The number of carbonyl (C=O) groups is 4. The summed E-state index contributed by atoms with van der Waals surface area (Å²) in [7, 11) is 0. The van der Waals surface area contributed by atoms with E-state index in [0.717, 1.165) is 0 Å². The molecule has 0 aromatic carbocycles. The molecule has 1 aliphatic heterocycles. The van der Waals surface area contributed by atoms with Gasteiger partial charge in [0.25, 0.3) is 0 Å². The van der Waals surface area contributed by atoms with Crippen LogP contribution in [0.2, 0.25) is 0 Å². The van der Waals surface area contributed by atoms with Gasteiger partial charge in [0.15, 0.2) is 0 Å². The maximum Gasteiger partial charge on any atom is 0.408 e. The third-order valence-corrected chi connectivity index (χ3v) is 3.49. The smallest absolute Gasteiger partial charge is 0.408 e. The summed E-state index contributed by atoms with van der Waals surface area (Å²) in [4.78, 5) is 48.6. The molecular weight excluding hydrogens is 356 g/mol. The standard InChI is InChI=1S/C18H28N2O7/c1-5-25-15(22)9-7-11-26-16(23)13-8-6-10-20(13)14(21)12-19-17(24)27-18(2,3)4/h7,9,13H,5-6,8,10-12H2,1-4H3,(H,19,24)/b9-7+/t13-/m0/s1. The van der Waals surface area contributed by atoms with E-state index in [4.69, 9.17) is 14.2 Å². The second-order valence-electron chi connectivity index (χ2n) is 6.89. The van der Waals surface area contributed by atoms with Gasteiger partial charge < -0.3 is 24.4 Å². The van der Waals surface area contributed by atoms with Crippen LogP contribution in [0.5, 0.6) is 0 Å². The van der Waals surface area contributed by atoms with E-state index >= 15 is 0 Å². The third-order valence-electron chi connectivity index (χ3n) is 3.49. The summed E-state index contributed by atoms with van der Waals surface area (Å²) in [6, 6.07) is -0.700. The number of nitrogens with zero attached hydrogens (tertiary/aromatic N) is 1. The Labute approximate surface area is 159 Å². The highest BCUT2D eigenvalue weighted by Gasteiger charge is 2.35. The fourth-order valence-corrected chi connectivity index (χ4v) is 2.43. The molecule has 9 nitrogen and oxygen atoms in total. The number of hydrogen-bond acceptors (Lipinski definition) is 7. The molecule has 0 aromatic rings. The van der Waals surface area contributed by atoms with Crippen LogP contribution in [-0.4, -0.2) is 66.8 Å². The van der Waals surface area contributed by atoms with Crippen LogP contribution in [-0.2, 0) is 28.6 Å². The molecule has 0 spiro atoms. The first-order valence-corrected chi connectivity index (χ1v) is 8.90. The van der Waals surface area contributed by atoms with Gasteiger partial charge in [-0.2, -0.15) is 0 Å². The van der Waals surface area contributed by atoms with Crippen molar-refractivity contribution >= 4 is 23.9 Å². The second kappa shape index (κ2) is 10.5. The first kappa shape index (κ1) is 22.5. The van der Waals surface area contributed by atoms with Crippen LogP contribution in [0.25, 0.3) is 0 Å². The molecule has 0 aliphatic carbocycles. The number of alkyl carbamates (subject to hydrolysis) is 1. The van der Waals surface area contributed by atoms with Gasteiger partial charge in [-0.25, -0.2) is 14.4 Å². The van der Waals surface area contributed by atoms with Crippen LogP contribution in [0.4, 0.5) is 4.79 Å². The molecule has 27 heavy (non-hydrogen) atoms. The molecule has 1 N–H and O–H groups in total. The van der Waals surface area contributed by atoms with Gasteiger partial charge >= 0.3 is 18.0 Å². The summed E-state index contributed by atoms with van der Waals surface area (Å²) in [6.45, 7) is 7.17. The fourth-order valence-electron chi connectivity index (χ4n) is 2.43. The largest absolute Gasteiger partial charge is 0.463 e. The molecule has 2 amide bonds. The van der Waals surface area contributed by atoms with Crippen molar-refractivity contribution in [2.45, 2.75) is 52.2 Å². The van der Waals surface area contributed by atoms with Crippen LogP contribution in [0.3, 0.4) is 0 Å². The second-order valence-corrected chi connectivity index (χ2v) is 6.89. The first-order chi connectivity index (χ1) is 12.6. The summed E-state index contributed by atoms with van der Waals surface area (Å²) in [5, 5.41) is 2.39. The third kappa shape index (κ3) is 8.57. The van der Waals surface area contributed by atoms with E-state index in [1.165, 1.54) is 17.1 Å². The molecule has 0 bridgehead atoms. The molecule has 1 aliphatic rings. The fraction of sp³-hybridized carbons (Fsp3) is 0.667. The van der Waals surface area contributed by atoms with Crippen molar-refractivity contribution < 1.29 is 33.4 Å². The van der Waals surface area contributed by atoms with Crippen molar-refractivity contribution in [3.05, 3.63) is 12.2 Å². The number of hydrogen-bond donors (Lipinski definition) is 1. The molecule has 0 radical (unpaired) electrons. The quantitative estimate of drug-likeness (QED) is 0.398. The SMILES string of the molecule is CCOC(=O)/C=C/COC(=O)[C@@H]1CCCN1C(=O)CNC(=O)OC(C)(C)C. The van der Waals surface area contributed by atoms with E-state index in [1.54, 1.807) is 27.7 Å². The van der Waals surface area contributed by atoms with Crippen molar-refractivity contribution in [1.29, 1.82) is 0 Å². The monoisotopic (exact) mass is 384 g/mol. The van der Waals surface area contributed by atoms with Gasteiger partial charge in [0, 0.05) is 12.6 Å². The highest BCUT2D eigenvalue weighted by atomic mass is 16.6. The average molecular weight is 384 g/mol. The maximum atomic E-state index is 12.3. The van der Waals surface area contributed by atoms with Crippen LogP contribution < -0.4 is 5.32 Å². The molecule has 1 saturated heterocycles. The van der Waals surface area contributed by atoms with Crippen LogP contribution >= 0.6 is 0 Å². The van der Waals surface area contributed by atoms with Gasteiger partial charge in [-0.15, -0.1) is 0 Å². The Morgan fingerprint density at radius 1 is 1.19 bits per heavy atom. The first-order valence-electron chi connectivity index (χ1n) is 8.90. The maximum absolute atomic E-state index is 12.3. The van der Waals surface area contributed by atoms with Gasteiger partial charge in [-0.3, -0.25) is 4.79 Å². The molecule has 0 unspecified atom stereocenters. The molecule has 1 fully saturated rings. The number of rotatable bonds is 7. The van der Waals surface area contributed by atoms with E-state index in [2.05, 4.69) is 5.32 Å². The number of amides is 2. The minimum atomic E-state index is -0.700. The summed E-state index contributed by atoms with van der Waals surface area (Å²) in [6.07, 6.45) is 3.01. The van der Waals surface area contributed by atoms with Crippen molar-refractivity contribution in [2.24, 2.45) is 0 Å². The summed E-state index contributed by atoms with van der Waals surface area (Å²) < 4.78 is 14.9. The molecular formula is C18H28N2O7.